The van der Waals surface area contributed by atoms with E-state index in [9.17, 15) is 4.79 Å². The normalized spacial score (nSPS) is 20.7. The smallest absolute Gasteiger partial charge is 0.224 e. The molecule has 2 N–H and O–H groups in total. The highest BCUT2D eigenvalue weighted by Gasteiger charge is 2.23. The van der Waals surface area contributed by atoms with Crippen molar-refractivity contribution >= 4 is 17.5 Å². The number of nitrogens with one attached hydrogen (secondary N) is 2. The summed E-state index contributed by atoms with van der Waals surface area (Å²) in [6, 6.07) is 7.88. The first-order valence-electron chi connectivity index (χ1n) is 6.41. The van der Waals surface area contributed by atoms with Gasteiger partial charge in [0.2, 0.25) is 5.91 Å². The van der Waals surface area contributed by atoms with Crippen molar-refractivity contribution in [2.45, 2.75) is 25.8 Å². The molecule has 1 aromatic rings. The van der Waals surface area contributed by atoms with Gasteiger partial charge in [0.1, 0.15) is 0 Å². The zero-order chi connectivity index (χ0) is 13.0. The predicted molar refractivity (Wildman–Crippen MR) is 73.7 cm³/mol. The SMILES string of the molecule is C[C@@H](Cc1ccccc1Cl)NC(=O)[C@@H]1CCNC1. The molecule has 0 spiro atoms. The molecule has 1 saturated heterocycles. The van der Waals surface area contributed by atoms with Crippen LogP contribution in [0.3, 0.4) is 0 Å². The van der Waals surface area contributed by atoms with Crippen LogP contribution in [0.2, 0.25) is 5.02 Å². The number of carbonyl (C=O) groups excluding carboxylic acids is 1. The molecule has 1 aliphatic rings. The van der Waals surface area contributed by atoms with E-state index in [2.05, 4.69) is 10.6 Å². The molecule has 1 aliphatic heterocycles. The van der Waals surface area contributed by atoms with Crippen LogP contribution < -0.4 is 10.6 Å². The minimum atomic E-state index is 0.109. The molecule has 1 amide bonds. The van der Waals surface area contributed by atoms with Crippen molar-refractivity contribution in [3.8, 4) is 0 Å². The number of carbonyl (C=O) groups is 1. The minimum absolute atomic E-state index is 0.109. The van der Waals surface area contributed by atoms with Gasteiger partial charge in [0.05, 0.1) is 5.92 Å². The monoisotopic (exact) mass is 266 g/mol. The van der Waals surface area contributed by atoms with Crippen LogP contribution in [0.1, 0.15) is 18.9 Å². The maximum atomic E-state index is 11.9. The lowest BCUT2D eigenvalue weighted by Gasteiger charge is -2.17. The first-order valence-corrected chi connectivity index (χ1v) is 6.79. The Morgan fingerprint density at radius 2 is 2.33 bits per heavy atom. The highest BCUT2D eigenvalue weighted by molar-refractivity contribution is 6.31. The van der Waals surface area contributed by atoms with Crippen molar-refractivity contribution in [3.05, 3.63) is 34.9 Å². The molecule has 0 saturated carbocycles. The van der Waals surface area contributed by atoms with Crippen LogP contribution in [0.5, 0.6) is 0 Å². The van der Waals surface area contributed by atoms with Gasteiger partial charge in [-0.25, -0.2) is 0 Å². The minimum Gasteiger partial charge on any atom is -0.353 e. The zero-order valence-corrected chi connectivity index (χ0v) is 11.3. The van der Waals surface area contributed by atoms with Gasteiger partial charge in [-0.05, 0) is 37.9 Å². The molecule has 2 rings (SSSR count). The molecule has 98 valence electrons. The van der Waals surface area contributed by atoms with E-state index in [1.807, 2.05) is 31.2 Å². The topological polar surface area (TPSA) is 41.1 Å². The number of rotatable bonds is 4. The quantitative estimate of drug-likeness (QED) is 0.875. The van der Waals surface area contributed by atoms with Crippen molar-refractivity contribution in [3.63, 3.8) is 0 Å². The lowest BCUT2D eigenvalue weighted by Crippen LogP contribution is -2.39. The molecule has 1 heterocycles. The second-order valence-electron chi connectivity index (χ2n) is 4.89. The molecule has 0 aliphatic carbocycles. The Bertz CT molecular complexity index is 416. The second-order valence-corrected chi connectivity index (χ2v) is 5.30. The van der Waals surface area contributed by atoms with Crippen molar-refractivity contribution in [2.75, 3.05) is 13.1 Å². The van der Waals surface area contributed by atoms with E-state index in [-0.39, 0.29) is 17.9 Å². The predicted octanol–water partition coefficient (Wildman–Crippen LogP) is 2.00. The van der Waals surface area contributed by atoms with E-state index >= 15 is 0 Å². The summed E-state index contributed by atoms with van der Waals surface area (Å²) >= 11 is 6.11. The fourth-order valence-corrected chi connectivity index (χ4v) is 2.50. The Kier molecular flexibility index (Phi) is 4.61. The van der Waals surface area contributed by atoms with Crippen LogP contribution in [0.15, 0.2) is 24.3 Å². The van der Waals surface area contributed by atoms with Crippen LogP contribution in [0.4, 0.5) is 0 Å². The molecular formula is C14H19ClN2O. The fourth-order valence-electron chi connectivity index (χ4n) is 2.28. The van der Waals surface area contributed by atoms with E-state index in [1.54, 1.807) is 0 Å². The molecular weight excluding hydrogens is 248 g/mol. The van der Waals surface area contributed by atoms with Crippen molar-refractivity contribution in [1.82, 2.24) is 10.6 Å². The molecule has 0 bridgehead atoms. The van der Waals surface area contributed by atoms with E-state index in [1.165, 1.54) is 0 Å². The van der Waals surface area contributed by atoms with Crippen molar-refractivity contribution < 1.29 is 4.79 Å². The summed E-state index contributed by atoms with van der Waals surface area (Å²) in [6.07, 6.45) is 1.70. The Labute approximate surface area is 113 Å². The van der Waals surface area contributed by atoms with E-state index < -0.39 is 0 Å². The summed E-state index contributed by atoms with van der Waals surface area (Å²) in [4.78, 5) is 11.9. The molecule has 1 fully saturated rings. The molecule has 0 aromatic heterocycles. The molecule has 2 atom stereocenters. The van der Waals surface area contributed by atoms with Gasteiger partial charge >= 0.3 is 0 Å². The summed E-state index contributed by atoms with van der Waals surface area (Å²) in [5.74, 6) is 0.276. The first kappa shape index (κ1) is 13.4. The number of hydrogen-bond donors (Lipinski definition) is 2. The lowest BCUT2D eigenvalue weighted by molar-refractivity contribution is -0.125. The second kappa shape index (κ2) is 6.21. The van der Waals surface area contributed by atoms with Crippen LogP contribution >= 0.6 is 11.6 Å². The van der Waals surface area contributed by atoms with Gasteiger partial charge in [0.15, 0.2) is 0 Å². The Hall–Kier alpha value is -1.06. The van der Waals surface area contributed by atoms with Gasteiger partial charge in [-0.15, -0.1) is 0 Å². The molecule has 1 aromatic carbocycles. The van der Waals surface area contributed by atoms with Crippen LogP contribution in [-0.4, -0.2) is 25.0 Å². The Balaban J connectivity index is 1.86. The lowest BCUT2D eigenvalue weighted by atomic mass is 10.0. The Morgan fingerprint density at radius 1 is 1.56 bits per heavy atom. The average molecular weight is 267 g/mol. The maximum absolute atomic E-state index is 11.9. The van der Waals surface area contributed by atoms with Gasteiger partial charge < -0.3 is 10.6 Å². The third kappa shape index (κ3) is 3.47. The third-order valence-electron chi connectivity index (χ3n) is 3.30. The molecule has 3 nitrogen and oxygen atoms in total. The van der Waals surface area contributed by atoms with Crippen LogP contribution in [-0.2, 0) is 11.2 Å². The summed E-state index contributed by atoms with van der Waals surface area (Å²) in [5.41, 5.74) is 1.08. The van der Waals surface area contributed by atoms with Gasteiger partial charge in [0.25, 0.3) is 0 Å². The zero-order valence-electron chi connectivity index (χ0n) is 10.6. The maximum Gasteiger partial charge on any atom is 0.224 e. The average Bonchev–Trinajstić information content (AvgIpc) is 2.85. The van der Waals surface area contributed by atoms with E-state index in [4.69, 9.17) is 11.6 Å². The molecule has 18 heavy (non-hydrogen) atoms. The van der Waals surface area contributed by atoms with E-state index in [0.717, 1.165) is 36.5 Å². The number of hydrogen-bond acceptors (Lipinski definition) is 2. The van der Waals surface area contributed by atoms with Gasteiger partial charge in [-0.3, -0.25) is 4.79 Å². The van der Waals surface area contributed by atoms with Gasteiger partial charge in [-0.1, -0.05) is 29.8 Å². The molecule has 4 heteroatoms. The summed E-state index contributed by atoms with van der Waals surface area (Å²) in [5, 5.41) is 7.03. The van der Waals surface area contributed by atoms with Crippen molar-refractivity contribution in [1.29, 1.82) is 0 Å². The highest BCUT2D eigenvalue weighted by atomic mass is 35.5. The first-order chi connectivity index (χ1) is 8.66. The highest BCUT2D eigenvalue weighted by Crippen LogP contribution is 2.17. The van der Waals surface area contributed by atoms with Gasteiger partial charge in [0, 0.05) is 17.6 Å². The third-order valence-corrected chi connectivity index (χ3v) is 3.67. The molecule has 0 unspecified atom stereocenters. The van der Waals surface area contributed by atoms with Crippen LogP contribution in [0.25, 0.3) is 0 Å². The Morgan fingerprint density at radius 3 is 3.00 bits per heavy atom. The summed E-state index contributed by atoms with van der Waals surface area (Å²) < 4.78 is 0. The fraction of sp³-hybridized carbons (Fsp3) is 0.500. The standard InChI is InChI=1S/C14H19ClN2O/c1-10(8-11-4-2-3-5-13(11)15)17-14(18)12-6-7-16-9-12/h2-5,10,12,16H,6-9H2,1H3,(H,17,18)/t10-,12+/m0/s1. The summed E-state index contributed by atoms with van der Waals surface area (Å²) in [7, 11) is 0. The number of amides is 1. The molecule has 0 radical (unpaired) electrons. The summed E-state index contributed by atoms with van der Waals surface area (Å²) in [6.45, 7) is 3.76. The van der Waals surface area contributed by atoms with Crippen molar-refractivity contribution in [2.24, 2.45) is 5.92 Å². The largest absolute Gasteiger partial charge is 0.353 e. The number of halogens is 1. The van der Waals surface area contributed by atoms with E-state index in [0.29, 0.717) is 0 Å². The van der Waals surface area contributed by atoms with Crippen LogP contribution in [0, 0.1) is 5.92 Å². The van der Waals surface area contributed by atoms with Gasteiger partial charge in [-0.2, -0.15) is 0 Å². The number of benzene rings is 1.